The first kappa shape index (κ1) is 13.0. The number of pyridine rings is 1. The van der Waals surface area contributed by atoms with E-state index in [1.807, 2.05) is 0 Å². The van der Waals surface area contributed by atoms with Crippen LogP contribution in [0.1, 0.15) is 34.8 Å². The highest BCUT2D eigenvalue weighted by molar-refractivity contribution is 7.80. The Balaban J connectivity index is 3.08. The van der Waals surface area contributed by atoms with Crippen LogP contribution in [0.3, 0.4) is 0 Å². The van der Waals surface area contributed by atoms with Gasteiger partial charge in [0.2, 0.25) is 0 Å². The highest BCUT2D eigenvalue weighted by Gasteiger charge is 2.12. The molecule has 0 unspecified atom stereocenters. The lowest BCUT2D eigenvalue weighted by molar-refractivity contribution is 0.101. The number of hydrazine groups is 1. The molecule has 0 aliphatic heterocycles. The van der Waals surface area contributed by atoms with Crippen molar-refractivity contribution in [1.82, 2.24) is 10.4 Å². The van der Waals surface area contributed by atoms with Crippen molar-refractivity contribution in [2.24, 2.45) is 5.73 Å². The van der Waals surface area contributed by atoms with Gasteiger partial charge in [-0.05, 0) is 24.4 Å². The predicted octanol–water partition coefficient (Wildman–Crippen LogP) is 0.647. The third kappa shape index (κ3) is 3.49. The minimum Gasteiger partial charge on any atom is -0.375 e. The summed E-state index contributed by atoms with van der Waals surface area (Å²) in [6, 6.07) is 3.07. The van der Waals surface area contributed by atoms with E-state index >= 15 is 0 Å². The fraction of sp³-hybridized carbons (Fsp3) is 0.200. The number of nitrogens with two attached hydrogens (primary N) is 1. The van der Waals surface area contributed by atoms with E-state index in [1.54, 1.807) is 6.07 Å². The van der Waals surface area contributed by atoms with Crippen molar-refractivity contribution in [2.45, 2.75) is 13.8 Å². The van der Waals surface area contributed by atoms with Gasteiger partial charge >= 0.3 is 0 Å². The Bertz CT molecular complexity index is 487. The van der Waals surface area contributed by atoms with Crippen molar-refractivity contribution in [1.29, 1.82) is 0 Å². The van der Waals surface area contributed by atoms with Gasteiger partial charge in [0, 0.05) is 13.8 Å². The van der Waals surface area contributed by atoms with Crippen LogP contribution in [0.25, 0.3) is 0 Å². The second kappa shape index (κ2) is 5.35. The van der Waals surface area contributed by atoms with E-state index in [-0.39, 0.29) is 28.1 Å². The molecule has 0 atom stereocenters. The lowest BCUT2D eigenvalue weighted by Gasteiger charge is -2.11. The Morgan fingerprint density at radius 2 is 1.94 bits per heavy atom. The molecule has 1 rings (SSSR count). The Hall–Kier alpha value is -2.02. The van der Waals surface area contributed by atoms with Gasteiger partial charge in [0.1, 0.15) is 11.4 Å². The number of carbonyl (C=O) groups excluding carboxylic acids is 2. The highest BCUT2D eigenvalue weighted by atomic mass is 32.1. The van der Waals surface area contributed by atoms with Gasteiger partial charge in [-0.15, -0.1) is 0 Å². The SMILES string of the molecule is CC(=O)c1ccc(NNC(N)=S)c(C(C)=O)n1. The number of nitrogens with zero attached hydrogens (tertiary/aromatic N) is 1. The smallest absolute Gasteiger partial charge is 0.182 e. The zero-order chi connectivity index (χ0) is 13.0. The third-order valence-electron chi connectivity index (χ3n) is 1.91. The molecule has 0 spiro atoms. The summed E-state index contributed by atoms with van der Waals surface area (Å²) >= 11 is 4.62. The Morgan fingerprint density at radius 1 is 1.29 bits per heavy atom. The van der Waals surface area contributed by atoms with Gasteiger partial charge in [-0.1, -0.05) is 0 Å². The number of carbonyl (C=O) groups is 2. The minimum atomic E-state index is -0.264. The first-order chi connectivity index (χ1) is 7.91. The van der Waals surface area contributed by atoms with Crippen molar-refractivity contribution in [3.63, 3.8) is 0 Å². The largest absolute Gasteiger partial charge is 0.375 e. The van der Waals surface area contributed by atoms with Crippen molar-refractivity contribution in [3.05, 3.63) is 23.5 Å². The third-order valence-corrected chi connectivity index (χ3v) is 2.01. The molecule has 0 fully saturated rings. The fourth-order valence-electron chi connectivity index (χ4n) is 1.15. The van der Waals surface area contributed by atoms with E-state index in [9.17, 15) is 9.59 Å². The first-order valence-electron chi connectivity index (χ1n) is 4.76. The summed E-state index contributed by atoms with van der Waals surface area (Å²) in [7, 11) is 0. The molecule has 0 aromatic carbocycles. The molecule has 0 amide bonds. The average molecular weight is 252 g/mol. The van der Waals surface area contributed by atoms with Gasteiger partial charge in [0.25, 0.3) is 0 Å². The zero-order valence-electron chi connectivity index (χ0n) is 9.40. The Labute approximate surface area is 104 Å². The van der Waals surface area contributed by atoms with Crippen LogP contribution in [-0.4, -0.2) is 21.7 Å². The summed E-state index contributed by atoms with van der Waals surface area (Å²) in [5.41, 5.74) is 11.2. The molecular weight excluding hydrogens is 240 g/mol. The van der Waals surface area contributed by atoms with E-state index in [4.69, 9.17) is 5.73 Å². The normalized spacial score (nSPS) is 9.53. The molecule has 4 N–H and O–H groups in total. The summed E-state index contributed by atoms with van der Waals surface area (Å²) in [5, 5.41) is 0.0372. The molecule has 1 aromatic rings. The fourth-order valence-corrected chi connectivity index (χ4v) is 1.20. The molecule has 90 valence electrons. The zero-order valence-corrected chi connectivity index (χ0v) is 10.2. The number of hydrogen-bond acceptors (Lipinski definition) is 5. The van der Waals surface area contributed by atoms with Crippen LogP contribution in [0, 0.1) is 0 Å². The summed E-state index contributed by atoms with van der Waals surface area (Å²) in [4.78, 5) is 26.5. The summed E-state index contributed by atoms with van der Waals surface area (Å²) < 4.78 is 0. The van der Waals surface area contributed by atoms with Crippen LogP contribution >= 0.6 is 12.2 Å². The standard InChI is InChI=1S/C10H12N4O2S/c1-5(15)7-3-4-8(13-14-10(11)17)9(12-7)6(2)16/h3-4,13H,1-2H3,(H3,11,14,17). The van der Waals surface area contributed by atoms with Crippen molar-refractivity contribution in [2.75, 3.05) is 5.43 Å². The van der Waals surface area contributed by atoms with E-state index < -0.39 is 0 Å². The molecule has 6 nitrogen and oxygen atoms in total. The van der Waals surface area contributed by atoms with Gasteiger partial charge < -0.3 is 5.73 Å². The van der Waals surface area contributed by atoms with Gasteiger partial charge in [-0.25, -0.2) is 4.98 Å². The molecular formula is C10H12N4O2S. The van der Waals surface area contributed by atoms with Crippen molar-refractivity contribution >= 4 is 34.6 Å². The maximum absolute atomic E-state index is 11.4. The molecule has 0 aliphatic rings. The lowest BCUT2D eigenvalue weighted by atomic mass is 10.2. The molecule has 1 heterocycles. The van der Waals surface area contributed by atoms with Gasteiger partial charge in [-0.2, -0.15) is 0 Å². The van der Waals surface area contributed by atoms with Crippen molar-refractivity contribution < 1.29 is 9.59 Å². The van der Waals surface area contributed by atoms with Gasteiger partial charge in [0.15, 0.2) is 16.7 Å². The number of anilines is 1. The van der Waals surface area contributed by atoms with E-state index in [0.29, 0.717) is 5.69 Å². The van der Waals surface area contributed by atoms with E-state index in [0.717, 1.165) is 0 Å². The molecule has 1 aromatic heterocycles. The number of ketones is 2. The van der Waals surface area contributed by atoms with Crippen LogP contribution in [0.2, 0.25) is 0 Å². The topological polar surface area (TPSA) is 97.1 Å². The second-order valence-corrected chi connectivity index (χ2v) is 3.76. The summed E-state index contributed by atoms with van der Waals surface area (Å²) in [6.45, 7) is 2.74. The predicted molar refractivity (Wildman–Crippen MR) is 67.8 cm³/mol. The molecule has 0 radical (unpaired) electrons. The second-order valence-electron chi connectivity index (χ2n) is 3.32. The molecule has 0 saturated carbocycles. The van der Waals surface area contributed by atoms with E-state index in [1.165, 1.54) is 19.9 Å². The lowest BCUT2D eigenvalue weighted by Crippen LogP contribution is -2.34. The molecule has 0 saturated heterocycles. The van der Waals surface area contributed by atoms with Gasteiger partial charge in [-0.3, -0.25) is 20.4 Å². The molecule has 0 bridgehead atoms. The molecule has 0 aliphatic carbocycles. The van der Waals surface area contributed by atoms with E-state index in [2.05, 4.69) is 28.1 Å². The summed E-state index contributed by atoms with van der Waals surface area (Å²) in [5.74, 6) is -0.471. The van der Waals surface area contributed by atoms with Crippen LogP contribution in [0.4, 0.5) is 5.69 Å². The Kier molecular flexibility index (Phi) is 4.11. The molecule has 17 heavy (non-hydrogen) atoms. The monoisotopic (exact) mass is 252 g/mol. The number of aromatic nitrogens is 1. The highest BCUT2D eigenvalue weighted by Crippen LogP contribution is 2.14. The number of nitrogens with one attached hydrogen (secondary N) is 2. The first-order valence-corrected chi connectivity index (χ1v) is 5.17. The number of hydrogen-bond donors (Lipinski definition) is 3. The number of rotatable bonds is 4. The molecule has 7 heteroatoms. The van der Waals surface area contributed by atoms with Crippen LogP contribution in [-0.2, 0) is 0 Å². The summed E-state index contributed by atoms with van der Waals surface area (Å²) in [6.07, 6.45) is 0. The minimum absolute atomic E-state index is 0.0372. The quantitative estimate of drug-likeness (QED) is 0.411. The van der Waals surface area contributed by atoms with Gasteiger partial charge in [0.05, 0.1) is 5.69 Å². The maximum atomic E-state index is 11.4. The van der Waals surface area contributed by atoms with Crippen LogP contribution < -0.4 is 16.6 Å². The average Bonchev–Trinajstić information content (AvgIpc) is 2.25. The Morgan fingerprint density at radius 3 is 2.41 bits per heavy atom. The van der Waals surface area contributed by atoms with Crippen LogP contribution in [0.15, 0.2) is 12.1 Å². The number of thiocarbonyl (C=S) groups is 1. The number of Topliss-reactive ketones (excluding diaryl/α,β-unsaturated/α-hetero) is 2. The van der Waals surface area contributed by atoms with Crippen molar-refractivity contribution in [3.8, 4) is 0 Å². The van der Waals surface area contributed by atoms with Crippen LogP contribution in [0.5, 0.6) is 0 Å². The maximum Gasteiger partial charge on any atom is 0.182 e.